The summed E-state index contributed by atoms with van der Waals surface area (Å²) in [5.74, 6) is 0. The van der Waals surface area contributed by atoms with Crippen molar-refractivity contribution < 1.29 is 0 Å². The minimum Gasteiger partial charge on any atom is -0.143 e. The first-order valence-corrected chi connectivity index (χ1v) is 9.97. The van der Waals surface area contributed by atoms with Crippen LogP contribution < -0.4 is 0 Å². The number of thiol groups is 1. The summed E-state index contributed by atoms with van der Waals surface area (Å²) in [6.07, 6.45) is 0. The minimum absolute atomic E-state index is 0.811. The van der Waals surface area contributed by atoms with Gasteiger partial charge in [0.15, 0.2) is 0 Å². The molecule has 0 amide bonds. The maximum absolute atomic E-state index is 4.64. The lowest BCUT2D eigenvalue weighted by atomic mass is 10.2. The molecule has 0 heterocycles. The molecule has 0 fully saturated rings. The van der Waals surface area contributed by atoms with E-state index in [4.69, 9.17) is 0 Å². The van der Waals surface area contributed by atoms with Crippen LogP contribution >= 0.6 is 12.6 Å². The zero-order valence-electron chi connectivity index (χ0n) is 12.7. The van der Waals surface area contributed by atoms with Crippen LogP contribution in [0.2, 0.25) is 16.6 Å². The minimum atomic E-state index is -1.35. The second-order valence-electron chi connectivity index (χ2n) is 6.38. The van der Waals surface area contributed by atoms with Crippen LogP contribution in [-0.4, -0.2) is 8.07 Å². The lowest BCUT2D eigenvalue weighted by Gasteiger charge is -2.43. The van der Waals surface area contributed by atoms with Gasteiger partial charge in [0, 0.05) is 4.90 Å². The molecular weight excluding hydrogens is 252 g/mol. The topological polar surface area (TPSA) is 0 Å². The van der Waals surface area contributed by atoms with Crippen molar-refractivity contribution in [3.63, 3.8) is 0 Å². The maximum atomic E-state index is 4.64. The Labute approximate surface area is 120 Å². The largest absolute Gasteiger partial charge is 0.143 e. The Kier molecular flexibility index (Phi) is 5.54. The summed E-state index contributed by atoms with van der Waals surface area (Å²) in [6.45, 7) is 14.5. The van der Waals surface area contributed by atoms with Crippen molar-refractivity contribution in [1.82, 2.24) is 0 Å². The Morgan fingerprint density at radius 1 is 0.889 bits per heavy atom. The van der Waals surface area contributed by atoms with Crippen molar-refractivity contribution in [3.05, 3.63) is 29.8 Å². The van der Waals surface area contributed by atoms with Gasteiger partial charge in [-0.25, -0.2) is 0 Å². The highest BCUT2D eigenvalue weighted by Gasteiger charge is 2.42. The Morgan fingerprint density at radius 2 is 1.33 bits per heavy atom. The number of hydrogen-bond acceptors (Lipinski definition) is 1. The molecule has 1 rings (SSSR count). The molecule has 2 heteroatoms. The van der Waals surface area contributed by atoms with Crippen LogP contribution in [0.25, 0.3) is 0 Å². The molecule has 0 aliphatic heterocycles. The SMILES string of the molecule is CC(C)[Si](Cc1ccccc1S)(C(C)C)C(C)C. The van der Waals surface area contributed by atoms with E-state index in [0.717, 1.165) is 21.5 Å². The highest BCUT2D eigenvalue weighted by atomic mass is 32.1. The van der Waals surface area contributed by atoms with Gasteiger partial charge in [-0.05, 0) is 17.7 Å². The number of rotatable bonds is 5. The lowest BCUT2D eigenvalue weighted by molar-refractivity contribution is 0.795. The lowest BCUT2D eigenvalue weighted by Crippen LogP contribution is -2.47. The fourth-order valence-corrected chi connectivity index (χ4v) is 10.2. The van der Waals surface area contributed by atoms with E-state index in [-0.39, 0.29) is 0 Å². The standard InChI is InChI=1S/C16H28SSi/c1-12(2)18(13(3)4,14(5)6)11-15-9-7-8-10-16(15)17/h7-10,12-14,17H,11H2,1-6H3. The van der Waals surface area contributed by atoms with Gasteiger partial charge in [-0.15, -0.1) is 12.6 Å². The summed E-state index contributed by atoms with van der Waals surface area (Å²) in [6, 6.07) is 9.87. The Bertz CT molecular complexity index is 361. The third-order valence-electron chi connectivity index (χ3n) is 4.71. The molecule has 18 heavy (non-hydrogen) atoms. The normalized spacial score (nSPS) is 12.8. The predicted molar refractivity (Wildman–Crippen MR) is 88.4 cm³/mol. The van der Waals surface area contributed by atoms with Crippen LogP contribution in [0, 0.1) is 0 Å². The Morgan fingerprint density at radius 3 is 1.72 bits per heavy atom. The van der Waals surface area contributed by atoms with Gasteiger partial charge in [-0.2, -0.15) is 0 Å². The molecule has 0 nitrogen and oxygen atoms in total. The molecular formula is C16H28SSi. The van der Waals surface area contributed by atoms with Crippen molar-refractivity contribution in [2.24, 2.45) is 0 Å². The summed E-state index contributed by atoms with van der Waals surface area (Å²) in [5.41, 5.74) is 3.88. The van der Waals surface area contributed by atoms with Crippen LogP contribution in [0.3, 0.4) is 0 Å². The van der Waals surface area contributed by atoms with Gasteiger partial charge in [-0.1, -0.05) is 76.4 Å². The molecule has 1 aromatic rings. The van der Waals surface area contributed by atoms with Gasteiger partial charge in [-0.3, -0.25) is 0 Å². The fourth-order valence-electron chi connectivity index (χ4n) is 3.60. The monoisotopic (exact) mass is 280 g/mol. The quantitative estimate of drug-likeness (QED) is 0.516. The average Bonchev–Trinajstić information content (AvgIpc) is 2.26. The van der Waals surface area contributed by atoms with E-state index in [1.165, 1.54) is 11.6 Å². The van der Waals surface area contributed by atoms with Gasteiger partial charge >= 0.3 is 0 Å². The van der Waals surface area contributed by atoms with Gasteiger partial charge in [0.1, 0.15) is 0 Å². The molecule has 0 N–H and O–H groups in total. The third-order valence-corrected chi connectivity index (χ3v) is 12.6. The molecule has 0 saturated heterocycles. The van der Waals surface area contributed by atoms with E-state index in [1.807, 2.05) is 0 Å². The molecule has 0 saturated carbocycles. The molecule has 0 aliphatic rings. The van der Waals surface area contributed by atoms with Crippen LogP contribution in [0.4, 0.5) is 0 Å². The molecule has 0 unspecified atom stereocenters. The predicted octanol–water partition coefficient (Wildman–Crippen LogP) is 5.74. The van der Waals surface area contributed by atoms with Crippen LogP contribution in [-0.2, 0) is 6.04 Å². The number of hydrogen-bond donors (Lipinski definition) is 1. The third kappa shape index (κ3) is 3.02. The molecule has 0 aromatic heterocycles. The van der Waals surface area contributed by atoms with E-state index in [2.05, 4.69) is 78.4 Å². The maximum Gasteiger partial charge on any atom is 0.0656 e. The van der Waals surface area contributed by atoms with Gasteiger partial charge in [0.05, 0.1) is 8.07 Å². The summed E-state index contributed by atoms with van der Waals surface area (Å²) in [5, 5.41) is 0. The molecule has 1 aromatic carbocycles. The zero-order chi connectivity index (χ0) is 13.9. The molecule has 102 valence electrons. The fraction of sp³-hybridized carbons (Fsp3) is 0.625. The summed E-state index contributed by atoms with van der Waals surface area (Å²) < 4.78 is 0. The van der Waals surface area contributed by atoms with Crippen molar-refractivity contribution in [2.45, 2.75) is 69.1 Å². The van der Waals surface area contributed by atoms with Gasteiger partial charge < -0.3 is 0 Å². The Hall–Kier alpha value is -0.213. The van der Waals surface area contributed by atoms with Crippen molar-refractivity contribution in [1.29, 1.82) is 0 Å². The Balaban J connectivity index is 3.17. The first kappa shape index (κ1) is 15.8. The molecule has 0 radical (unpaired) electrons. The zero-order valence-corrected chi connectivity index (χ0v) is 14.6. The average molecular weight is 281 g/mol. The van der Waals surface area contributed by atoms with Gasteiger partial charge in [0.25, 0.3) is 0 Å². The van der Waals surface area contributed by atoms with Crippen molar-refractivity contribution in [2.75, 3.05) is 0 Å². The second-order valence-corrected chi connectivity index (χ2v) is 12.9. The smallest absolute Gasteiger partial charge is 0.0656 e. The van der Waals surface area contributed by atoms with E-state index in [9.17, 15) is 0 Å². The molecule has 0 atom stereocenters. The molecule has 0 spiro atoms. The second kappa shape index (κ2) is 6.29. The van der Waals surface area contributed by atoms with Gasteiger partial charge in [0.2, 0.25) is 0 Å². The van der Waals surface area contributed by atoms with E-state index >= 15 is 0 Å². The van der Waals surface area contributed by atoms with Crippen LogP contribution in [0.1, 0.15) is 47.1 Å². The summed E-state index contributed by atoms with van der Waals surface area (Å²) in [7, 11) is -1.35. The first-order chi connectivity index (χ1) is 8.32. The number of benzene rings is 1. The van der Waals surface area contributed by atoms with E-state index < -0.39 is 8.07 Å². The van der Waals surface area contributed by atoms with E-state index in [1.54, 1.807) is 0 Å². The molecule has 0 aliphatic carbocycles. The highest BCUT2D eigenvalue weighted by Crippen LogP contribution is 2.44. The van der Waals surface area contributed by atoms with Crippen molar-refractivity contribution in [3.8, 4) is 0 Å². The van der Waals surface area contributed by atoms with Crippen LogP contribution in [0.5, 0.6) is 0 Å². The van der Waals surface area contributed by atoms with Crippen molar-refractivity contribution >= 4 is 20.7 Å². The summed E-state index contributed by atoms with van der Waals surface area (Å²) in [4.78, 5) is 1.16. The summed E-state index contributed by atoms with van der Waals surface area (Å²) >= 11 is 4.64. The van der Waals surface area contributed by atoms with Crippen LogP contribution in [0.15, 0.2) is 29.2 Å². The van der Waals surface area contributed by atoms with E-state index in [0.29, 0.717) is 0 Å². The highest BCUT2D eigenvalue weighted by molar-refractivity contribution is 7.80. The first-order valence-electron chi connectivity index (χ1n) is 7.09. The molecule has 0 bridgehead atoms.